The first kappa shape index (κ1) is 13.0. The van der Waals surface area contributed by atoms with E-state index in [1.807, 2.05) is 0 Å². The third-order valence-corrected chi connectivity index (χ3v) is 3.09. The SMILES string of the molecule is Cc1ccc(C(C)(C)CNC(=O)Cl)cc1C. The second-order valence-electron chi connectivity index (χ2n) is 4.81. The van der Waals surface area contributed by atoms with Crippen LogP contribution in [-0.2, 0) is 5.41 Å². The van der Waals surface area contributed by atoms with Gasteiger partial charge in [-0.15, -0.1) is 0 Å². The number of hydrogen-bond acceptors (Lipinski definition) is 1. The minimum absolute atomic E-state index is 0.108. The number of aryl methyl sites for hydroxylation is 2. The van der Waals surface area contributed by atoms with Crippen molar-refractivity contribution in [1.82, 2.24) is 5.32 Å². The molecule has 0 radical (unpaired) electrons. The van der Waals surface area contributed by atoms with Crippen molar-refractivity contribution < 1.29 is 4.79 Å². The second kappa shape index (κ2) is 4.88. The van der Waals surface area contributed by atoms with Gasteiger partial charge in [0, 0.05) is 12.0 Å². The molecule has 0 saturated carbocycles. The van der Waals surface area contributed by atoms with E-state index in [2.05, 4.69) is 51.2 Å². The molecule has 0 aromatic heterocycles. The predicted octanol–water partition coefficient (Wildman–Crippen LogP) is 3.53. The highest BCUT2D eigenvalue weighted by molar-refractivity contribution is 6.62. The van der Waals surface area contributed by atoms with Gasteiger partial charge in [-0.2, -0.15) is 0 Å². The molecule has 88 valence electrons. The van der Waals surface area contributed by atoms with E-state index >= 15 is 0 Å². The minimum Gasteiger partial charge on any atom is -0.342 e. The van der Waals surface area contributed by atoms with Gasteiger partial charge in [-0.05, 0) is 42.1 Å². The first-order chi connectivity index (χ1) is 7.33. The first-order valence-electron chi connectivity index (χ1n) is 5.34. The Hall–Kier alpha value is -1.02. The summed E-state index contributed by atoms with van der Waals surface area (Å²) in [5, 5.41) is 2.14. The number of nitrogens with one attached hydrogen (secondary N) is 1. The largest absolute Gasteiger partial charge is 0.342 e. The summed E-state index contributed by atoms with van der Waals surface area (Å²) in [6, 6.07) is 6.37. The summed E-state index contributed by atoms with van der Waals surface area (Å²) in [5.74, 6) is 0. The van der Waals surface area contributed by atoms with Crippen molar-refractivity contribution >= 4 is 17.0 Å². The lowest BCUT2D eigenvalue weighted by atomic mass is 9.83. The highest BCUT2D eigenvalue weighted by Gasteiger charge is 2.21. The molecule has 0 aliphatic carbocycles. The molecule has 16 heavy (non-hydrogen) atoms. The Balaban J connectivity index is 2.88. The summed E-state index contributed by atoms with van der Waals surface area (Å²) in [7, 11) is 0. The molecule has 0 aliphatic rings. The fraction of sp³-hybridized carbons (Fsp3) is 0.462. The van der Waals surface area contributed by atoms with Gasteiger partial charge in [-0.1, -0.05) is 32.0 Å². The number of hydrogen-bond donors (Lipinski definition) is 1. The molecule has 0 spiro atoms. The van der Waals surface area contributed by atoms with Gasteiger partial charge in [-0.25, -0.2) is 0 Å². The van der Waals surface area contributed by atoms with E-state index in [0.717, 1.165) is 0 Å². The van der Waals surface area contributed by atoms with Crippen molar-refractivity contribution in [3.05, 3.63) is 34.9 Å². The Labute approximate surface area is 102 Å². The average molecular weight is 240 g/mol. The third kappa shape index (κ3) is 3.24. The van der Waals surface area contributed by atoms with Crippen LogP contribution in [0.15, 0.2) is 18.2 Å². The average Bonchev–Trinajstić information content (AvgIpc) is 2.19. The highest BCUT2D eigenvalue weighted by Crippen LogP contribution is 2.24. The van der Waals surface area contributed by atoms with Gasteiger partial charge in [-0.3, -0.25) is 4.79 Å². The Morgan fingerprint density at radius 2 is 1.94 bits per heavy atom. The third-order valence-electron chi connectivity index (χ3n) is 2.96. The smallest absolute Gasteiger partial charge is 0.313 e. The number of carbonyl (C=O) groups is 1. The maximum absolute atomic E-state index is 10.7. The van der Waals surface area contributed by atoms with Crippen LogP contribution in [0.25, 0.3) is 0 Å². The molecule has 2 nitrogen and oxygen atoms in total. The van der Waals surface area contributed by atoms with E-state index in [1.165, 1.54) is 16.7 Å². The van der Waals surface area contributed by atoms with Gasteiger partial charge in [0.1, 0.15) is 0 Å². The minimum atomic E-state index is -0.503. The lowest BCUT2D eigenvalue weighted by Crippen LogP contribution is -2.34. The van der Waals surface area contributed by atoms with Crippen LogP contribution in [0.3, 0.4) is 0 Å². The molecule has 1 aromatic carbocycles. The van der Waals surface area contributed by atoms with Crippen LogP contribution in [0.2, 0.25) is 0 Å². The summed E-state index contributed by atoms with van der Waals surface area (Å²) < 4.78 is 0. The quantitative estimate of drug-likeness (QED) is 0.635. The van der Waals surface area contributed by atoms with Crippen LogP contribution in [0.1, 0.15) is 30.5 Å². The van der Waals surface area contributed by atoms with Crippen LogP contribution >= 0.6 is 11.6 Å². The normalized spacial score (nSPS) is 11.3. The van der Waals surface area contributed by atoms with Gasteiger partial charge in [0.05, 0.1) is 0 Å². The number of rotatable bonds is 3. The van der Waals surface area contributed by atoms with Crippen LogP contribution < -0.4 is 5.32 Å². The van der Waals surface area contributed by atoms with Gasteiger partial charge in [0.25, 0.3) is 0 Å². The Bertz CT molecular complexity index is 399. The van der Waals surface area contributed by atoms with Crippen molar-refractivity contribution in [1.29, 1.82) is 0 Å². The lowest BCUT2D eigenvalue weighted by Gasteiger charge is -2.25. The molecule has 0 unspecified atom stereocenters. The molecule has 0 fully saturated rings. The van der Waals surface area contributed by atoms with E-state index in [0.29, 0.717) is 6.54 Å². The maximum atomic E-state index is 10.7. The van der Waals surface area contributed by atoms with Gasteiger partial charge < -0.3 is 5.32 Å². The number of carbonyl (C=O) groups excluding carboxylic acids is 1. The van der Waals surface area contributed by atoms with Crippen molar-refractivity contribution in [2.24, 2.45) is 0 Å². The molecule has 1 rings (SSSR count). The summed E-state index contributed by atoms with van der Waals surface area (Å²) >= 11 is 5.28. The monoisotopic (exact) mass is 239 g/mol. The lowest BCUT2D eigenvalue weighted by molar-refractivity contribution is 0.257. The molecule has 1 aromatic rings. The molecule has 0 atom stereocenters. The van der Waals surface area contributed by atoms with E-state index in [4.69, 9.17) is 11.6 Å². The van der Waals surface area contributed by atoms with Crippen LogP contribution in [0.4, 0.5) is 4.79 Å². The number of amides is 1. The summed E-state index contributed by atoms with van der Waals surface area (Å²) in [6.45, 7) is 8.90. The van der Waals surface area contributed by atoms with Crippen molar-refractivity contribution in [2.75, 3.05) is 6.54 Å². The zero-order valence-corrected chi connectivity index (χ0v) is 11.0. The van der Waals surface area contributed by atoms with Gasteiger partial charge >= 0.3 is 5.37 Å². The first-order valence-corrected chi connectivity index (χ1v) is 5.72. The van der Waals surface area contributed by atoms with Crippen molar-refractivity contribution in [3.63, 3.8) is 0 Å². The van der Waals surface area contributed by atoms with Crippen LogP contribution in [0.5, 0.6) is 0 Å². The molecule has 0 saturated heterocycles. The van der Waals surface area contributed by atoms with Crippen molar-refractivity contribution in [2.45, 2.75) is 33.1 Å². The molecule has 0 aliphatic heterocycles. The molecular formula is C13H18ClNO. The van der Waals surface area contributed by atoms with Gasteiger partial charge in [0.15, 0.2) is 0 Å². The number of halogens is 1. The molecule has 0 bridgehead atoms. The topological polar surface area (TPSA) is 29.1 Å². The fourth-order valence-electron chi connectivity index (χ4n) is 1.55. The second-order valence-corrected chi connectivity index (χ2v) is 5.15. The van der Waals surface area contributed by atoms with E-state index in [9.17, 15) is 4.79 Å². The molecule has 1 N–H and O–H groups in total. The van der Waals surface area contributed by atoms with Gasteiger partial charge in [0.2, 0.25) is 0 Å². The number of benzene rings is 1. The van der Waals surface area contributed by atoms with Crippen molar-refractivity contribution in [3.8, 4) is 0 Å². The summed E-state index contributed by atoms with van der Waals surface area (Å²) in [5.41, 5.74) is 3.65. The van der Waals surface area contributed by atoms with E-state index in [1.54, 1.807) is 0 Å². The van der Waals surface area contributed by atoms with E-state index < -0.39 is 5.37 Å². The Kier molecular flexibility index (Phi) is 3.98. The zero-order chi connectivity index (χ0) is 12.3. The molecular weight excluding hydrogens is 222 g/mol. The molecule has 1 amide bonds. The predicted molar refractivity (Wildman–Crippen MR) is 68.2 cm³/mol. The van der Waals surface area contributed by atoms with Crippen LogP contribution in [-0.4, -0.2) is 11.9 Å². The summed E-state index contributed by atoms with van der Waals surface area (Å²) in [6.07, 6.45) is 0. The fourth-order valence-corrected chi connectivity index (χ4v) is 1.62. The Morgan fingerprint density at radius 1 is 1.31 bits per heavy atom. The molecule has 0 heterocycles. The molecule has 3 heteroatoms. The zero-order valence-electron chi connectivity index (χ0n) is 10.2. The van der Waals surface area contributed by atoms with E-state index in [-0.39, 0.29) is 5.41 Å². The standard InChI is InChI=1S/C13H18ClNO/c1-9-5-6-11(7-10(9)2)13(3,4)8-15-12(14)16/h5-7H,8H2,1-4H3,(H,15,16). The van der Waals surface area contributed by atoms with Crippen LogP contribution in [0, 0.1) is 13.8 Å². The summed E-state index contributed by atoms with van der Waals surface area (Å²) in [4.78, 5) is 10.7. The Morgan fingerprint density at radius 3 is 2.44 bits per heavy atom. The highest BCUT2D eigenvalue weighted by atomic mass is 35.5. The maximum Gasteiger partial charge on any atom is 0.313 e.